The van der Waals surface area contributed by atoms with E-state index < -0.39 is 10.7 Å². The normalized spacial score (nSPS) is 14.5. The number of carboxylic acids is 1. The zero-order valence-electron chi connectivity index (χ0n) is 8.93. The van der Waals surface area contributed by atoms with E-state index in [9.17, 15) is 9.90 Å². The van der Waals surface area contributed by atoms with Gasteiger partial charge < -0.3 is 5.11 Å². The molecule has 0 saturated heterocycles. The number of carboxylic acid groups (broad SMARTS) is 1. The summed E-state index contributed by atoms with van der Waals surface area (Å²) < 4.78 is -0.775. The summed E-state index contributed by atoms with van der Waals surface area (Å²) in [5.74, 6) is -0.778. The minimum atomic E-state index is -0.778. The summed E-state index contributed by atoms with van der Waals surface area (Å²) in [5, 5.41) is 9.94. The molecule has 1 rings (SSSR count). The second-order valence-electron chi connectivity index (χ2n) is 3.56. The third-order valence-electron chi connectivity index (χ3n) is 2.15. The van der Waals surface area contributed by atoms with Crippen LogP contribution >= 0.6 is 11.8 Å². The van der Waals surface area contributed by atoms with Gasteiger partial charge in [-0.1, -0.05) is 31.2 Å². The molecular weight excluding hydrogens is 210 g/mol. The first-order valence-corrected chi connectivity index (χ1v) is 5.73. The van der Waals surface area contributed by atoms with E-state index in [-0.39, 0.29) is 0 Å². The Labute approximate surface area is 93.9 Å². The van der Waals surface area contributed by atoms with E-state index in [4.69, 9.17) is 0 Å². The molecule has 1 unspecified atom stereocenters. The van der Waals surface area contributed by atoms with Gasteiger partial charge in [-0.25, -0.2) is 4.98 Å². The zero-order chi connectivity index (χ0) is 11.3. The molecule has 0 saturated carbocycles. The maximum atomic E-state index is 11.2. The summed E-state index contributed by atoms with van der Waals surface area (Å²) in [6.07, 6.45) is 3.17. The highest BCUT2D eigenvalue weighted by atomic mass is 32.2. The summed E-state index contributed by atoms with van der Waals surface area (Å²) in [6, 6.07) is 5.52. The zero-order valence-corrected chi connectivity index (χ0v) is 9.75. The summed E-state index contributed by atoms with van der Waals surface area (Å²) in [6.45, 7) is 3.73. The lowest BCUT2D eigenvalue weighted by Gasteiger charge is -2.22. The van der Waals surface area contributed by atoms with Gasteiger partial charge in [-0.15, -0.1) is 0 Å². The van der Waals surface area contributed by atoms with Crippen molar-refractivity contribution in [3.05, 3.63) is 24.4 Å². The number of carbonyl (C=O) groups is 1. The van der Waals surface area contributed by atoms with Crippen LogP contribution in [0.25, 0.3) is 0 Å². The molecule has 0 bridgehead atoms. The fourth-order valence-electron chi connectivity index (χ4n) is 1.32. The molecule has 0 spiro atoms. The molecule has 82 valence electrons. The number of pyridine rings is 1. The molecule has 1 aromatic heterocycles. The lowest BCUT2D eigenvalue weighted by atomic mass is 10.1. The fourth-order valence-corrected chi connectivity index (χ4v) is 2.43. The first-order chi connectivity index (χ1) is 7.08. The Balaban J connectivity index is 2.80. The van der Waals surface area contributed by atoms with Crippen molar-refractivity contribution in [1.82, 2.24) is 4.98 Å². The van der Waals surface area contributed by atoms with Crippen LogP contribution in [0.5, 0.6) is 0 Å². The van der Waals surface area contributed by atoms with Gasteiger partial charge in [0.15, 0.2) is 0 Å². The largest absolute Gasteiger partial charge is 0.480 e. The van der Waals surface area contributed by atoms with E-state index in [2.05, 4.69) is 4.98 Å². The maximum Gasteiger partial charge on any atom is 0.319 e. The highest BCUT2D eigenvalue weighted by molar-refractivity contribution is 8.01. The quantitative estimate of drug-likeness (QED) is 0.783. The summed E-state index contributed by atoms with van der Waals surface area (Å²) in [5.41, 5.74) is 0. The van der Waals surface area contributed by atoms with E-state index in [1.807, 2.05) is 25.1 Å². The highest BCUT2D eigenvalue weighted by Crippen LogP contribution is 2.35. The Bertz CT molecular complexity index is 329. The van der Waals surface area contributed by atoms with E-state index in [1.165, 1.54) is 11.8 Å². The van der Waals surface area contributed by atoms with E-state index in [0.29, 0.717) is 6.42 Å². The van der Waals surface area contributed by atoms with Crippen LogP contribution in [0.4, 0.5) is 0 Å². The van der Waals surface area contributed by atoms with Crippen molar-refractivity contribution in [2.45, 2.75) is 36.5 Å². The van der Waals surface area contributed by atoms with Gasteiger partial charge in [0.1, 0.15) is 4.75 Å². The van der Waals surface area contributed by atoms with Crippen molar-refractivity contribution in [2.75, 3.05) is 0 Å². The Morgan fingerprint density at radius 3 is 2.80 bits per heavy atom. The van der Waals surface area contributed by atoms with Gasteiger partial charge >= 0.3 is 5.97 Å². The second-order valence-corrected chi connectivity index (χ2v) is 5.08. The third-order valence-corrected chi connectivity index (χ3v) is 3.43. The van der Waals surface area contributed by atoms with E-state index in [0.717, 1.165) is 11.4 Å². The standard InChI is InChI=1S/C11H15NO2S/c1-3-7-11(2,10(13)14)15-9-6-4-5-8-12-9/h4-6,8H,3,7H2,1-2H3,(H,13,14). The Kier molecular flexibility index (Phi) is 4.15. The average molecular weight is 225 g/mol. The number of thioether (sulfide) groups is 1. The molecule has 0 aliphatic carbocycles. The number of rotatable bonds is 5. The van der Waals surface area contributed by atoms with Crippen LogP contribution in [0.3, 0.4) is 0 Å². The molecular formula is C11H15NO2S. The highest BCUT2D eigenvalue weighted by Gasteiger charge is 2.33. The minimum absolute atomic E-state index is 0.642. The first kappa shape index (κ1) is 12.0. The van der Waals surface area contributed by atoms with Crippen molar-refractivity contribution >= 4 is 17.7 Å². The van der Waals surface area contributed by atoms with Gasteiger partial charge in [-0.3, -0.25) is 4.79 Å². The number of aliphatic carboxylic acids is 1. The molecule has 0 aromatic carbocycles. The van der Waals surface area contributed by atoms with Crippen molar-refractivity contribution in [3.8, 4) is 0 Å². The molecule has 0 amide bonds. The predicted molar refractivity (Wildman–Crippen MR) is 61.0 cm³/mol. The molecule has 1 N–H and O–H groups in total. The SMILES string of the molecule is CCCC(C)(Sc1ccccn1)C(=O)O. The molecule has 0 aliphatic heterocycles. The molecule has 0 fully saturated rings. The van der Waals surface area contributed by atoms with E-state index >= 15 is 0 Å². The van der Waals surface area contributed by atoms with Crippen molar-refractivity contribution < 1.29 is 9.90 Å². The fraction of sp³-hybridized carbons (Fsp3) is 0.455. The van der Waals surface area contributed by atoms with Crippen LogP contribution in [0.1, 0.15) is 26.7 Å². The summed E-state index contributed by atoms with van der Waals surface area (Å²) >= 11 is 1.31. The summed E-state index contributed by atoms with van der Waals surface area (Å²) in [7, 11) is 0. The van der Waals surface area contributed by atoms with Crippen molar-refractivity contribution in [2.24, 2.45) is 0 Å². The van der Waals surface area contributed by atoms with Crippen LogP contribution < -0.4 is 0 Å². The van der Waals surface area contributed by atoms with Gasteiger partial charge in [-0.2, -0.15) is 0 Å². The molecule has 1 aromatic rings. The molecule has 1 atom stereocenters. The maximum absolute atomic E-state index is 11.2. The minimum Gasteiger partial charge on any atom is -0.480 e. The van der Waals surface area contributed by atoms with Crippen LogP contribution in [0.15, 0.2) is 29.4 Å². The lowest BCUT2D eigenvalue weighted by molar-refractivity contribution is -0.139. The number of hydrogen-bond acceptors (Lipinski definition) is 3. The smallest absolute Gasteiger partial charge is 0.319 e. The number of hydrogen-bond donors (Lipinski definition) is 1. The molecule has 4 heteroatoms. The number of nitrogens with zero attached hydrogens (tertiary/aromatic N) is 1. The monoisotopic (exact) mass is 225 g/mol. The predicted octanol–water partition coefficient (Wildman–Crippen LogP) is 2.82. The average Bonchev–Trinajstić information content (AvgIpc) is 2.19. The molecule has 0 aliphatic rings. The first-order valence-electron chi connectivity index (χ1n) is 4.92. The van der Waals surface area contributed by atoms with Gasteiger partial charge in [0.05, 0.1) is 5.03 Å². The van der Waals surface area contributed by atoms with E-state index in [1.54, 1.807) is 13.1 Å². The lowest BCUT2D eigenvalue weighted by Crippen LogP contribution is -2.31. The molecule has 15 heavy (non-hydrogen) atoms. The summed E-state index contributed by atoms with van der Waals surface area (Å²) in [4.78, 5) is 15.3. The Morgan fingerprint density at radius 2 is 2.33 bits per heavy atom. The molecule has 3 nitrogen and oxygen atoms in total. The van der Waals surface area contributed by atoms with Crippen LogP contribution in [0, 0.1) is 0 Å². The Morgan fingerprint density at radius 1 is 1.60 bits per heavy atom. The van der Waals surface area contributed by atoms with Crippen LogP contribution in [-0.2, 0) is 4.79 Å². The van der Waals surface area contributed by atoms with Gasteiger partial charge in [0.2, 0.25) is 0 Å². The Hall–Kier alpha value is -1.03. The second kappa shape index (κ2) is 5.16. The third kappa shape index (κ3) is 3.23. The topological polar surface area (TPSA) is 50.2 Å². The van der Waals surface area contributed by atoms with Gasteiger partial charge in [0.25, 0.3) is 0 Å². The van der Waals surface area contributed by atoms with Gasteiger partial charge in [-0.05, 0) is 25.5 Å². The molecule has 1 heterocycles. The van der Waals surface area contributed by atoms with Crippen LogP contribution in [-0.4, -0.2) is 20.8 Å². The molecule has 0 radical (unpaired) electrons. The van der Waals surface area contributed by atoms with Crippen molar-refractivity contribution in [1.29, 1.82) is 0 Å². The van der Waals surface area contributed by atoms with Crippen LogP contribution in [0.2, 0.25) is 0 Å². The number of aromatic nitrogens is 1. The van der Waals surface area contributed by atoms with Gasteiger partial charge in [0, 0.05) is 6.20 Å². The van der Waals surface area contributed by atoms with Crippen molar-refractivity contribution in [3.63, 3.8) is 0 Å².